The monoisotopic (exact) mass is 417 g/mol. The maximum absolute atomic E-state index is 12.6. The lowest BCUT2D eigenvalue weighted by Gasteiger charge is -2.11. The summed E-state index contributed by atoms with van der Waals surface area (Å²) in [5, 5.41) is 2.81. The van der Waals surface area contributed by atoms with Crippen LogP contribution in [0.4, 0.5) is 23.7 Å². The van der Waals surface area contributed by atoms with E-state index in [0.717, 1.165) is 17.7 Å². The van der Waals surface area contributed by atoms with Crippen molar-refractivity contribution in [3.05, 3.63) is 64.7 Å². The van der Waals surface area contributed by atoms with Crippen molar-refractivity contribution < 1.29 is 22.8 Å². The average molecular weight is 418 g/mol. The number of alkyl halides is 3. The first-order valence-electron chi connectivity index (χ1n) is 7.60. The van der Waals surface area contributed by atoms with Crippen LogP contribution in [-0.4, -0.2) is 17.7 Å². The van der Waals surface area contributed by atoms with E-state index < -0.39 is 23.7 Å². The Morgan fingerprint density at radius 3 is 2.48 bits per heavy atom. The number of anilines is 1. The standard InChI is InChI=1S/C17H15ClF3N3O2S/c18-14-7-2-1-4-11(14)9-27-10-15(25)23-24-16(26)22-13-6-3-5-12(8-13)17(19,20)21/h1-8H,9-10H2,(H,23,25)(H2,22,24,26). The van der Waals surface area contributed by atoms with Crippen LogP contribution in [0.25, 0.3) is 0 Å². The molecule has 0 aromatic heterocycles. The number of carbonyl (C=O) groups excluding carboxylic acids is 2. The van der Waals surface area contributed by atoms with Crippen LogP contribution in [0.2, 0.25) is 5.02 Å². The minimum Gasteiger partial charge on any atom is -0.307 e. The van der Waals surface area contributed by atoms with Gasteiger partial charge in [-0.3, -0.25) is 10.2 Å². The van der Waals surface area contributed by atoms with Crippen molar-refractivity contribution in [1.82, 2.24) is 10.9 Å². The first-order chi connectivity index (χ1) is 12.8. The molecule has 27 heavy (non-hydrogen) atoms. The predicted octanol–water partition coefficient (Wildman–Crippen LogP) is 4.44. The highest BCUT2D eigenvalue weighted by Gasteiger charge is 2.30. The molecular formula is C17H15ClF3N3O2S. The Balaban J connectivity index is 1.74. The highest BCUT2D eigenvalue weighted by Crippen LogP contribution is 2.30. The van der Waals surface area contributed by atoms with Gasteiger partial charge in [-0.2, -0.15) is 13.2 Å². The Hall–Kier alpha value is -2.39. The third-order valence-electron chi connectivity index (χ3n) is 3.21. The minimum absolute atomic E-state index is 0.0512. The number of hydrazine groups is 1. The summed E-state index contributed by atoms with van der Waals surface area (Å²) in [4.78, 5) is 23.4. The van der Waals surface area contributed by atoms with Gasteiger partial charge in [0.15, 0.2) is 0 Å². The van der Waals surface area contributed by atoms with Gasteiger partial charge < -0.3 is 5.32 Å². The van der Waals surface area contributed by atoms with Gasteiger partial charge in [0, 0.05) is 16.5 Å². The van der Waals surface area contributed by atoms with Crippen LogP contribution in [0, 0.1) is 0 Å². The summed E-state index contributed by atoms with van der Waals surface area (Å²) in [5.41, 5.74) is 4.19. The largest absolute Gasteiger partial charge is 0.416 e. The van der Waals surface area contributed by atoms with Crippen molar-refractivity contribution in [2.24, 2.45) is 0 Å². The summed E-state index contributed by atoms with van der Waals surface area (Å²) in [6.07, 6.45) is -4.51. The Kier molecular flexibility index (Phi) is 7.37. The molecular weight excluding hydrogens is 403 g/mol. The van der Waals surface area contributed by atoms with Crippen LogP contribution in [0.1, 0.15) is 11.1 Å². The minimum atomic E-state index is -4.51. The molecule has 5 nitrogen and oxygen atoms in total. The molecule has 0 aliphatic rings. The molecule has 3 amide bonds. The van der Waals surface area contributed by atoms with Gasteiger partial charge in [0.05, 0.1) is 11.3 Å². The summed E-state index contributed by atoms with van der Waals surface area (Å²) >= 11 is 7.30. The second-order valence-electron chi connectivity index (χ2n) is 5.29. The fourth-order valence-corrected chi connectivity index (χ4v) is 3.08. The normalized spacial score (nSPS) is 11.0. The molecule has 0 heterocycles. The zero-order valence-corrected chi connectivity index (χ0v) is 15.3. The van der Waals surface area contributed by atoms with Gasteiger partial charge in [-0.25, -0.2) is 10.2 Å². The molecule has 0 saturated heterocycles. The molecule has 0 saturated carbocycles. The molecule has 2 aromatic carbocycles. The lowest BCUT2D eigenvalue weighted by molar-refractivity contribution is -0.137. The van der Waals surface area contributed by atoms with Crippen molar-refractivity contribution in [3.63, 3.8) is 0 Å². The zero-order valence-electron chi connectivity index (χ0n) is 13.8. The fourth-order valence-electron chi connectivity index (χ4n) is 1.97. The molecule has 0 spiro atoms. The van der Waals surface area contributed by atoms with Crippen molar-refractivity contribution in [1.29, 1.82) is 0 Å². The number of carbonyl (C=O) groups is 2. The third-order valence-corrected chi connectivity index (χ3v) is 4.56. The predicted molar refractivity (Wildman–Crippen MR) is 99.4 cm³/mol. The molecule has 0 fully saturated rings. The second-order valence-corrected chi connectivity index (χ2v) is 6.68. The topological polar surface area (TPSA) is 70.2 Å². The third kappa shape index (κ3) is 7.03. The summed E-state index contributed by atoms with van der Waals surface area (Å²) in [6, 6.07) is 10.5. The van der Waals surface area contributed by atoms with Crippen molar-refractivity contribution in [2.75, 3.05) is 11.1 Å². The van der Waals surface area contributed by atoms with Crippen molar-refractivity contribution >= 4 is 41.0 Å². The van der Waals surface area contributed by atoms with Crippen LogP contribution in [0.5, 0.6) is 0 Å². The number of hydrogen-bond acceptors (Lipinski definition) is 3. The number of amides is 3. The van der Waals surface area contributed by atoms with Gasteiger partial charge >= 0.3 is 12.2 Å². The van der Waals surface area contributed by atoms with E-state index in [-0.39, 0.29) is 11.4 Å². The first-order valence-corrected chi connectivity index (χ1v) is 9.13. The summed E-state index contributed by atoms with van der Waals surface area (Å²) in [5.74, 6) is 0.115. The van der Waals surface area contributed by atoms with Gasteiger partial charge in [0.1, 0.15) is 0 Å². The molecule has 2 aromatic rings. The number of halogens is 4. The van der Waals surface area contributed by atoms with Gasteiger partial charge in [0.25, 0.3) is 0 Å². The Morgan fingerprint density at radius 1 is 1.04 bits per heavy atom. The van der Waals surface area contributed by atoms with Crippen molar-refractivity contribution in [3.8, 4) is 0 Å². The smallest absolute Gasteiger partial charge is 0.307 e. The average Bonchev–Trinajstić information content (AvgIpc) is 2.61. The first kappa shape index (κ1) is 20.9. The molecule has 0 atom stereocenters. The Morgan fingerprint density at radius 2 is 1.78 bits per heavy atom. The van der Waals surface area contributed by atoms with Crippen molar-refractivity contribution in [2.45, 2.75) is 11.9 Å². The molecule has 0 aliphatic carbocycles. The number of hydrogen-bond donors (Lipinski definition) is 3. The summed E-state index contributed by atoms with van der Waals surface area (Å²) in [7, 11) is 0. The number of urea groups is 1. The van der Waals surface area contributed by atoms with Crippen LogP contribution in [-0.2, 0) is 16.7 Å². The SMILES string of the molecule is O=C(CSCc1ccccc1Cl)NNC(=O)Nc1cccc(C(F)(F)F)c1. The van der Waals surface area contributed by atoms with E-state index in [1.165, 1.54) is 23.9 Å². The molecule has 0 unspecified atom stereocenters. The van der Waals surface area contributed by atoms with Gasteiger partial charge in [0.2, 0.25) is 5.91 Å². The van der Waals surface area contributed by atoms with E-state index >= 15 is 0 Å². The van der Waals surface area contributed by atoms with Crippen LogP contribution in [0.3, 0.4) is 0 Å². The van der Waals surface area contributed by atoms with Crippen LogP contribution in [0.15, 0.2) is 48.5 Å². The maximum atomic E-state index is 12.6. The fraction of sp³-hybridized carbons (Fsp3) is 0.176. The maximum Gasteiger partial charge on any atom is 0.416 e. The van der Waals surface area contributed by atoms with E-state index in [2.05, 4.69) is 16.2 Å². The number of nitrogens with one attached hydrogen (secondary N) is 3. The van der Waals surface area contributed by atoms with Gasteiger partial charge in [-0.1, -0.05) is 35.9 Å². The molecule has 0 aliphatic heterocycles. The Labute approximate surface area is 162 Å². The number of benzene rings is 2. The van der Waals surface area contributed by atoms with E-state index in [1.54, 1.807) is 12.1 Å². The van der Waals surface area contributed by atoms with Crippen LogP contribution < -0.4 is 16.2 Å². The molecule has 10 heteroatoms. The summed E-state index contributed by atoms with van der Waals surface area (Å²) in [6.45, 7) is 0. The number of thioether (sulfide) groups is 1. The molecule has 2 rings (SSSR count). The molecule has 0 radical (unpaired) electrons. The van der Waals surface area contributed by atoms with E-state index in [4.69, 9.17) is 11.6 Å². The lowest BCUT2D eigenvalue weighted by atomic mass is 10.2. The second kappa shape index (κ2) is 9.52. The van der Waals surface area contributed by atoms with Gasteiger partial charge in [-0.15, -0.1) is 11.8 Å². The van der Waals surface area contributed by atoms with Gasteiger partial charge in [-0.05, 0) is 29.8 Å². The number of rotatable bonds is 5. The van der Waals surface area contributed by atoms with Crippen LogP contribution >= 0.6 is 23.4 Å². The highest BCUT2D eigenvalue weighted by molar-refractivity contribution is 7.99. The van der Waals surface area contributed by atoms with E-state index in [0.29, 0.717) is 10.8 Å². The van der Waals surface area contributed by atoms with E-state index in [1.807, 2.05) is 12.1 Å². The lowest BCUT2D eigenvalue weighted by Crippen LogP contribution is -2.44. The molecule has 3 N–H and O–H groups in total. The van der Waals surface area contributed by atoms with E-state index in [9.17, 15) is 22.8 Å². The molecule has 0 bridgehead atoms. The quantitative estimate of drug-likeness (QED) is 0.630. The summed E-state index contributed by atoms with van der Waals surface area (Å²) < 4.78 is 37.9. The Bertz CT molecular complexity index is 818. The highest BCUT2D eigenvalue weighted by atomic mass is 35.5. The zero-order chi connectivity index (χ0) is 19.9. The molecule has 144 valence electrons.